The summed E-state index contributed by atoms with van der Waals surface area (Å²) in [6.45, 7) is 4.32. The molecule has 0 aliphatic carbocycles. The van der Waals surface area contributed by atoms with E-state index in [1.165, 1.54) is 49.3 Å². The third kappa shape index (κ3) is 3.71. The Bertz CT molecular complexity index is 711. The van der Waals surface area contributed by atoms with E-state index < -0.39 is 0 Å². The first-order chi connectivity index (χ1) is 12.3. The molecule has 1 atom stereocenters. The second kappa shape index (κ2) is 7.56. The minimum atomic E-state index is 0.513. The molecule has 5 heteroatoms. The van der Waals surface area contributed by atoms with Gasteiger partial charge in [0.25, 0.3) is 0 Å². The van der Waals surface area contributed by atoms with E-state index in [0.29, 0.717) is 5.92 Å². The maximum Gasteiger partial charge on any atom is 0.137 e. The maximum absolute atomic E-state index is 5.36. The lowest BCUT2D eigenvalue weighted by Crippen LogP contribution is -2.35. The molecule has 0 amide bonds. The molecule has 5 nitrogen and oxygen atoms in total. The van der Waals surface area contributed by atoms with Crippen molar-refractivity contribution in [3.63, 3.8) is 0 Å². The Morgan fingerprint density at radius 1 is 1.12 bits per heavy atom. The van der Waals surface area contributed by atoms with Crippen LogP contribution in [0.5, 0.6) is 5.75 Å². The number of rotatable bonds is 4. The van der Waals surface area contributed by atoms with Crippen LogP contribution in [0, 0.1) is 0 Å². The predicted molar refractivity (Wildman–Crippen MR) is 97.8 cm³/mol. The molecule has 25 heavy (non-hydrogen) atoms. The fourth-order valence-electron chi connectivity index (χ4n) is 4.25. The third-order valence-electron chi connectivity index (χ3n) is 5.55. The molecule has 1 fully saturated rings. The standard InChI is InChI=1S/C20H28N4O/c1-25-18-9-5-7-16(13-18)14-23-11-6-8-17(15-23)20-22-21-19-10-3-2-4-12-24(19)20/h5,7,9,13,17H,2-4,6,8,10-12,14-15H2,1H3. The minimum absolute atomic E-state index is 0.513. The summed E-state index contributed by atoms with van der Waals surface area (Å²) < 4.78 is 7.78. The molecular weight excluding hydrogens is 312 g/mol. The number of ether oxygens (including phenoxy) is 1. The Hall–Kier alpha value is -1.88. The molecule has 134 valence electrons. The summed E-state index contributed by atoms with van der Waals surface area (Å²) in [5.74, 6) is 3.89. The highest BCUT2D eigenvalue weighted by atomic mass is 16.5. The summed E-state index contributed by atoms with van der Waals surface area (Å²) in [6.07, 6.45) is 7.38. The van der Waals surface area contributed by atoms with Crippen molar-refractivity contribution in [3.8, 4) is 5.75 Å². The average Bonchev–Trinajstić information content (AvgIpc) is 2.90. The predicted octanol–water partition coefficient (Wildman–Crippen LogP) is 3.39. The van der Waals surface area contributed by atoms with Crippen molar-refractivity contribution >= 4 is 0 Å². The van der Waals surface area contributed by atoms with Crippen LogP contribution in [0.3, 0.4) is 0 Å². The smallest absolute Gasteiger partial charge is 0.137 e. The average molecular weight is 340 g/mol. The molecule has 1 aromatic heterocycles. The molecular formula is C20H28N4O. The number of hydrogen-bond acceptors (Lipinski definition) is 4. The van der Waals surface area contributed by atoms with Gasteiger partial charge in [0, 0.05) is 32.0 Å². The van der Waals surface area contributed by atoms with Gasteiger partial charge in [-0.2, -0.15) is 0 Å². The lowest BCUT2D eigenvalue weighted by atomic mass is 9.96. The maximum atomic E-state index is 5.36. The van der Waals surface area contributed by atoms with Gasteiger partial charge in [0.2, 0.25) is 0 Å². The van der Waals surface area contributed by atoms with Crippen LogP contribution in [0.15, 0.2) is 24.3 Å². The van der Waals surface area contributed by atoms with E-state index in [1.807, 2.05) is 6.07 Å². The summed E-state index contributed by atoms with van der Waals surface area (Å²) in [6, 6.07) is 8.42. The van der Waals surface area contributed by atoms with E-state index in [-0.39, 0.29) is 0 Å². The fourth-order valence-corrected chi connectivity index (χ4v) is 4.25. The van der Waals surface area contributed by atoms with E-state index in [0.717, 1.165) is 38.3 Å². The van der Waals surface area contributed by atoms with Crippen molar-refractivity contribution in [2.45, 2.75) is 57.5 Å². The summed E-state index contributed by atoms with van der Waals surface area (Å²) in [4.78, 5) is 2.56. The van der Waals surface area contributed by atoms with Crippen molar-refractivity contribution in [2.24, 2.45) is 0 Å². The number of hydrogen-bond donors (Lipinski definition) is 0. The van der Waals surface area contributed by atoms with Gasteiger partial charge in [-0.25, -0.2) is 0 Å². The molecule has 0 saturated carbocycles. The number of benzene rings is 1. The lowest BCUT2D eigenvalue weighted by Gasteiger charge is -2.32. The molecule has 0 bridgehead atoms. The van der Waals surface area contributed by atoms with Crippen LogP contribution in [-0.2, 0) is 19.5 Å². The SMILES string of the molecule is COc1cccc(CN2CCCC(c3nnc4n3CCCCC4)C2)c1. The van der Waals surface area contributed by atoms with Crippen LogP contribution >= 0.6 is 0 Å². The number of fused-ring (bicyclic) bond motifs is 1. The molecule has 0 spiro atoms. The zero-order valence-corrected chi connectivity index (χ0v) is 15.2. The Morgan fingerprint density at radius 3 is 3.00 bits per heavy atom. The van der Waals surface area contributed by atoms with Crippen molar-refractivity contribution in [1.29, 1.82) is 0 Å². The third-order valence-corrected chi connectivity index (χ3v) is 5.55. The van der Waals surface area contributed by atoms with Crippen molar-refractivity contribution in [2.75, 3.05) is 20.2 Å². The number of piperidine rings is 1. The van der Waals surface area contributed by atoms with Gasteiger partial charge < -0.3 is 9.30 Å². The van der Waals surface area contributed by atoms with Gasteiger partial charge in [0.1, 0.15) is 17.4 Å². The van der Waals surface area contributed by atoms with Crippen molar-refractivity contribution in [3.05, 3.63) is 41.5 Å². The Morgan fingerprint density at radius 2 is 2.08 bits per heavy atom. The van der Waals surface area contributed by atoms with Crippen LogP contribution in [0.1, 0.15) is 55.2 Å². The quantitative estimate of drug-likeness (QED) is 0.856. The molecule has 4 rings (SSSR count). The van der Waals surface area contributed by atoms with Crippen LogP contribution in [-0.4, -0.2) is 39.9 Å². The first kappa shape index (κ1) is 16.6. The Kier molecular flexibility index (Phi) is 5.02. The molecule has 0 N–H and O–H groups in total. The van der Waals surface area contributed by atoms with E-state index in [9.17, 15) is 0 Å². The zero-order valence-electron chi connectivity index (χ0n) is 15.2. The zero-order chi connectivity index (χ0) is 17.1. The highest BCUT2D eigenvalue weighted by Gasteiger charge is 2.27. The lowest BCUT2D eigenvalue weighted by molar-refractivity contribution is 0.194. The molecule has 3 heterocycles. The normalized spacial score (nSPS) is 21.6. The first-order valence-corrected chi connectivity index (χ1v) is 9.61. The van der Waals surface area contributed by atoms with Gasteiger partial charge in [-0.1, -0.05) is 18.6 Å². The topological polar surface area (TPSA) is 43.2 Å². The number of nitrogens with zero attached hydrogens (tertiary/aromatic N) is 4. The molecule has 1 saturated heterocycles. The van der Waals surface area contributed by atoms with Crippen LogP contribution in [0.25, 0.3) is 0 Å². The largest absolute Gasteiger partial charge is 0.497 e. The second-order valence-corrected chi connectivity index (χ2v) is 7.36. The molecule has 1 unspecified atom stereocenters. The van der Waals surface area contributed by atoms with E-state index in [4.69, 9.17) is 4.74 Å². The van der Waals surface area contributed by atoms with Crippen LogP contribution in [0.4, 0.5) is 0 Å². The van der Waals surface area contributed by atoms with Gasteiger partial charge in [0.05, 0.1) is 7.11 Å². The highest BCUT2D eigenvalue weighted by molar-refractivity contribution is 5.28. The Balaban J connectivity index is 1.47. The summed E-state index contributed by atoms with van der Waals surface area (Å²) in [7, 11) is 1.73. The van der Waals surface area contributed by atoms with Gasteiger partial charge in [-0.05, 0) is 49.9 Å². The number of aromatic nitrogens is 3. The summed E-state index contributed by atoms with van der Waals surface area (Å²) in [5, 5.41) is 9.10. The number of likely N-dealkylation sites (tertiary alicyclic amines) is 1. The number of methoxy groups -OCH3 is 1. The summed E-state index contributed by atoms with van der Waals surface area (Å²) in [5.41, 5.74) is 1.32. The van der Waals surface area contributed by atoms with Gasteiger partial charge >= 0.3 is 0 Å². The van der Waals surface area contributed by atoms with Gasteiger partial charge in [-0.3, -0.25) is 4.90 Å². The second-order valence-electron chi connectivity index (χ2n) is 7.36. The van der Waals surface area contributed by atoms with Crippen LogP contribution in [0.2, 0.25) is 0 Å². The van der Waals surface area contributed by atoms with Crippen molar-refractivity contribution in [1.82, 2.24) is 19.7 Å². The van der Waals surface area contributed by atoms with Gasteiger partial charge in [-0.15, -0.1) is 10.2 Å². The first-order valence-electron chi connectivity index (χ1n) is 9.61. The molecule has 2 aromatic rings. The summed E-state index contributed by atoms with van der Waals surface area (Å²) >= 11 is 0. The van der Waals surface area contributed by atoms with Crippen LogP contribution < -0.4 is 4.74 Å². The molecule has 2 aliphatic heterocycles. The number of aryl methyl sites for hydroxylation is 1. The van der Waals surface area contributed by atoms with Gasteiger partial charge in [0.15, 0.2) is 0 Å². The minimum Gasteiger partial charge on any atom is -0.497 e. The van der Waals surface area contributed by atoms with E-state index >= 15 is 0 Å². The molecule has 0 radical (unpaired) electrons. The highest BCUT2D eigenvalue weighted by Crippen LogP contribution is 2.29. The Labute approximate surface area is 150 Å². The van der Waals surface area contributed by atoms with Crippen molar-refractivity contribution < 1.29 is 4.74 Å². The molecule has 1 aromatic carbocycles. The van der Waals surface area contributed by atoms with E-state index in [1.54, 1.807) is 7.11 Å². The van der Waals surface area contributed by atoms with E-state index in [2.05, 4.69) is 37.9 Å². The fraction of sp³-hybridized carbons (Fsp3) is 0.600. The molecule has 2 aliphatic rings. The monoisotopic (exact) mass is 340 g/mol.